The Morgan fingerprint density at radius 2 is 2.00 bits per heavy atom. The van der Waals surface area contributed by atoms with Crippen LogP contribution in [0.2, 0.25) is 5.15 Å². The summed E-state index contributed by atoms with van der Waals surface area (Å²) in [6.45, 7) is 6.45. The molecule has 0 aromatic carbocycles. The predicted molar refractivity (Wildman–Crippen MR) is 49.2 cm³/mol. The molecule has 0 radical (unpaired) electrons. The van der Waals surface area contributed by atoms with Gasteiger partial charge in [0.05, 0.1) is 0 Å². The van der Waals surface area contributed by atoms with Gasteiger partial charge in [-0.25, -0.2) is 4.68 Å². The minimum Gasteiger partial charge on any atom is -0.237 e. The first-order valence-corrected chi connectivity index (χ1v) is 4.32. The Bertz CT molecular complexity index is 272. The highest BCUT2D eigenvalue weighted by Gasteiger charge is 2.17. The van der Waals surface area contributed by atoms with Gasteiger partial charge in [0.2, 0.25) is 0 Å². The first-order chi connectivity index (χ1) is 5.40. The van der Waals surface area contributed by atoms with Crippen LogP contribution in [-0.4, -0.2) is 15.0 Å². The van der Waals surface area contributed by atoms with Gasteiger partial charge < -0.3 is 0 Å². The molecule has 1 heterocycles. The van der Waals surface area contributed by atoms with Crippen LogP contribution in [0, 0.1) is 5.41 Å². The highest BCUT2D eigenvalue weighted by Crippen LogP contribution is 2.23. The summed E-state index contributed by atoms with van der Waals surface area (Å²) in [6.07, 6.45) is 0.861. The van der Waals surface area contributed by atoms with Gasteiger partial charge in [-0.05, 0) is 11.8 Å². The molecule has 0 saturated heterocycles. The maximum Gasteiger partial charge on any atom is 0.150 e. The number of aromatic nitrogens is 3. The summed E-state index contributed by atoms with van der Waals surface area (Å²) in [5, 5.41) is 8.46. The van der Waals surface area contributed by atoms with Crippen molar-refractivity contribution in [2.45, 2.75) is 27.2 Å². The van der Waals surface area contributed by atoms with Crippen molar-refractivity contribution in [1.82, 2.24) is 15.0 Å². The molecular weight excluding hydrogens is 174 g/mol. The maximum atomic E-state index is 5.95. The summed E-state index contributed by atoms with van der Waals surface area (Å²) in [5.74, 6) is 0. The van der Waals surface area contributed by atoms with E-state index in [1.54, 1.807) is 11.7 Å². The third kappa shape index (κ3) is 2.21. The molecule has 0 atom stereocenters. The summed E-state index contributed by atoms with van der Waals surface area (Å²) >= 11 is 5.95. The summed E-state index contributed by atoms with van der Waals surface area (Å²) in [4.78, 5) is 0. The molecule has 4 heteroatoms. The minimum absolute atomic E-state index is 0.208. The Balaban J connectivity index is 2.83. The van der Waals surface area contributed by atoms with E-state index in [4.69, 9.17) is 11.6 Å². The van der Waals surface area contributed by atoms with E-state index >= 15 is 0 Å². The average Bonchev–Trinajstić information content (AvgIpc) is 2.16. The highest BCUT2D eigenvalue weighted by atomic mass is 35.5. The third-order valence-electron chi connectivity index (χ3n) is 1.52. The lowest BCUT2D eigenvalue weighted by Crippen LogP contribution is -2.09. The van der Waals surface area contributed by atoms with Crippen molar-refractivity contribution in [2.75, 3.05) is 0 Å². The molecule has 3 nitrogen and oxygen atoms in total. The van der Waals surface area contributed by atoms with E-state index in [-0.39, 0.29) is 5.41 Å². The lowest BCUT2D eigenvalue weighted by Gasteiger charge is -2.15. The number of aryl methyl sites for hydroxylation is 1. The van der Waals surface area contributed by atoms with E-state index in [1.165, 1.54) is 0 Å². The standard InChI is InChI=1S/C8H14ClN3/c1-8(2,3)5-6-7(9)12(4)11-10-6/h5H2,1-4H3. The van der Waals surface area contributed by atoms with Gasteiger partial charge in [-0.15, -0.1) is 5.10 Å². The van der Waals surface area contributed by atoms with Crippen LogP contribution in [0.1, 0.15) is 26.5 Å². The molecule has 1 aromatic rings. The zero-order chi connectivity index (χ0) is 9.35. The predicted octanol–water partition coefficient (Wildman–Crippen LogP) is 2.06. The second-order valence-corrected chi connectivity index (χ2v) is 4.55. The Morgan fingerprint density at radius 1 is 1.42 bits per heavy atom. The molecule has 0 unspecified atom stereocenters. The second-order valence-electron chi connectivity index (χ2n) is 4.19. The third-order valence-corrected chi connectivity index (χ3v) is 1.98. The molecule has 12 heavy (non-hydrogen) atoms. The van der Waals surface area contributed by atoms with E-state index in [1.807, 2.05) is 0 Å². The van der Waals surface area contributed by atoms with E-state index in [9.17, 15) is 0 Å². The van der Waals surface area contributed by atoms with Crippen LogP contribution in [0.25, 0.3) is 0 Å². The maximum absolute atomic E-state index is 5.95. The fourth-order valence-corrected chi connectivity index (χ4v) is 1.14. The second kappa shape index (κ2) is 3.05. The molecule has 0 aliphatic rings. The van der Waals surface area contributed by atoms with Crippen LogP contribution >= 0.6 is 11.6 Å². The topological polar surface area (TPSA) is 30.7 Å². The number of hydrogen-bond acceptors (Lipinski definition) is 2. The Hall–Kier alpha value is -0.570. The van der Waals surface area contributed by atoms with E-state index < -0.39 is 0 Å². The Morgan fingerprint density at radius 3 is 2.33 bits per heavy atom. The lowest BCUT2D eigenvalue weighted by atomic mass is 9.91. The summed E-state index contributed by atoms with van der Waals surface area (Å²) in [5.41, 5.74) is 1.09. The van der Waals surface area contributed by atoms with Crippen LogP contribution < -0.4 is 0 Å². The zero-order valence-electron chi connectivity index (χ0n) is 7.93. The largest absolute Gasteiger partial charge is 0.237 e. The fourth-order valence-electron chi connectivity index (χ4n) is 0.999. The number of halogens is 1. The molecule has 68 valence electrons. The van der Waals surface area contributed by atoms with Crippen molar-refractivity contribution in [1.29, 1.82) is 0 Å². The van der Waals surface area contributed by atoms with Gasteiger partial charge in [-0.2, -0.15) is 0 Å². The summed E-state index contributed by atoms with van der Waals surface area (Å²) < 4.78 is 1.59. The first kappa shape index (κ1) is 9.52. The normalized spacial score (nSPS) is 12.1. The average molecular weight is 188 g/mol. The van der Waals surface area contributed by atoms with Crippen LogP contribution in [0.3, 0.4) is 0 Å². The van der Waals surface area contributed by atoms with Crippen molar-refractivity contribution >= 4 is 11.6 Å². The van der Waals surface area contributed by atoms with Gasteiger partial charge in [-0.1, -0.05) is 37.6 Å². The van der Waals surface area contributed by atoms with Gasteiger partial charge >= 0.3 is 0 Å². The lowest BCUT2D eigenvalue weighted by molar-refractivity contribution is 0.406. The quantitative estimate of drug-likeness (QED) is 0.674. The molecule has 0 aliphatic carbocycles. The zero-order valence-corrected chi connectivity index (χ0v) is 8.68. The van der Waals surface area contributed by atoms with Crippen LogP contribution in [-0.2, 0) is 13.5 Å². The number of rotatable bonds is 1. The van der Waals surface area contributed by atoms with Crippen molar-refractivity contribution < 1.29 is 0 Å². The smallest absolute Gasteiger partial charge is 0.150 e. The SMILES string of the molecule is Cn1nnc(CC(C)(C)C)c1Cl. The molecule has 0 aliphatic heterocycles. The molecule has 0 bridgehead atoms. The first-order valence-electron chi connectivity index (χ1n) is 3.94. The molecular formula is C8H14ClN3. The molecule has 0 fully saturated rings. The van der Waals surface area contributed by atoms with Crippen LogP contribution in [0.15, 0.2) is 0 Å². The van der Waals surface area contributed by atoms with Crippen LogP contribution in [0.4, 0.5) is 0 Å². The molecule has 1 rings (SSSR count). The van der Waals surface area contributed by atoms with Gasteiger partial charge in [-0.3, -0.25) is 0 Å². The van der Waals surface area contributed by atoms with Crippen LogP contribution in [0.5, 0.6) is 0 Å². The molecule has 0 amide bonds. The van der Waals surface area contributed by atoms with E-state index in [2.05, 4.69) is 31.1 Å². The minimum atomic E-state index is 0.208. The number of hydrogen-bond donors (Lipinski definition) is 0. The summed E-state index contributed by atoms with van der Waals surface area (Å²) in [6, 6.07) is 0. The number of nitrogens with zero attached hydrogens (tertiary/aromatic N) is 3. The van der Waals surface area contributed by atoms with Crippen molar-refractivity contribution in [3.8, 4) is 0 Å². The van der Waals surface area contributed by atoms with E-state index in [0.29, 0.717) is 5.15 Å². The van der Waals surface area contributed by atoms with E-state index in [0.717, 1.165) is 12.1 Å². The molecule has 0 spiro atoms. The van der Waals surface area contributed by atoms with Gasteiger partial charge in [0.1, 0.15) is 10.8 Å². The highest BCUT2D eigenvalue weighted by molar-refractivity contribution is 6.30. The van der Waals surface area contributed by atoms with Crippen molar-refractivity contribution in [3.05, 3.63) is 10.8 Å². The molecule has 0 N–H and O–H groups in total. The van der Waals surface area contributed by atoms with Crippen molar-refractivity contribution in [3.63, 3.8) is 0 Å². The van der Waals surface area contributed by atoms with Gasteiger partial charge in [0.25, 0.3) is 0 Å². The monoisotopic (exact) mass is 187 g/mol. The van der Waals surface area contributed by atoms with Gasteiger partial charge in [0.15, 0.2) is 0 Å². The Kier molecular flexibility index (Phi) is 2.42. The Labute approximate surface area is 77.7 Å². The van der Waals surface area contributed by atoms with Gasteiger partial charge in [0, 0.05) is 7.05 Å². The molecule has 1 aromatic heterocycles. The van der Waals surface area contributed by atoms with Crippen molar-refractivity contribution in [2.24, 2.45) is 12.5 Å². The summed E-state index contributed by atoms with van der Waals surface area (Å²) in [7, 11) is 1.79. The fraction of sp³-hybridized carbons (Fsp3) is 0.750. The molecule has 0 saturated carbocycles.